The van der Waals surface area contributed by atoms with Crippen molar-refractivity contribution in [1.29, 1.82) is 0 Å². The standard InChI is InChI=1S/C15H29NO2/c1-4-13(5-2)16(3)12-15(14(17)18)10-8-6-7-9-11-15/h13H,4-12H2,1-3H3,(H,17,18). The number of hydrogen-bond acceptors (Lipinski definition) is 2. The Morgan fingerprint density at radius 2 is 1.67 bits per heavy atom. The first-order chi connectivity index (χ1) is 8.55. The van der Waals surface area contributed by atoms with E-state index in [-0.39, 0.29) is 0 Å². The Hall–Kier alpha value is -0.570. The predicted molar refractivity (Wildman–Crippen MR) is 74.8 cm³/mol. The van der Waals surface area contributed by atoms with Gasteiger partial charge in [-0.3, -0.25) is 4.79 Å². The number of nitrogens with zero attached hydrogens (tertiary/aromatic N) is 1. The van der Waals surface area contributed by atoms with Crippen molar-refractivity contribution in [1.82, 2.24) is 4.90 Å². The summed E-state index contributed by atoms with van der Waals surface area (Å²) in [6.45, 7) is 5.09. The molecule has 0 spiro atoms. The van der Waals surface area contributed by atoms with Gasteiger partial charge in [-0.2, -0.15) is 0 Å². The van der Waals surface area contributed by atoms with Gasteiger partial charge in [0.25, 0.3) is 0 Å². The van der Waals surface area contributed by atoms with Crippen LogP contribution in [0.1, 0.15) is 65.2 Å². The number of aliphatic carboxylic acids is 1. The van der Waals surface area contributed by atoms with Crippen LogP contribution in [0.4, 0.5) is 0 Å². The number of carbonyl (C=O) groups is 1. The van der Waals surface area contributed by atoms with Crippen molar-refractivity contribution in [2.24, 2.45) is 5.41 Å². The van der Waals surface area contributed by atoms with Gasteiger partial charge in [-0.05, 0) is 32.7 Å². The SMILES string of the molecule is CCC(CC)N(C)CC1(C(=O)O)CCCCCC1. The third-order valence-corrected chi connectivity index (χ3v) is 4.63. The van der Waals surface area contributed by atoms with E-state index in [0.29, 0.717) is 12.6 Å². The topological polar surface area (TPSA) is 40.5 Å². The first-order valence-electron chi connectivity index (χ1n) is 7.49. The van der Waals surface area contributed by atoms with Crippen LogP contribution in [0.5, 0.6) is 0 Å². The van der Waals surface area contributed by atoms with Crippen LogP contribution in [0, 0.1) is 5.41 Å². The van der Waals surface area contributed by atoms with Crippen molar-refractivity contribution in [2.45, 2.75) is 71.3 Å². The average molecular weight is 255 g/mol. The Morgan fingerprint density at radius 1 is 1.17 bits per heavy atom. The summed E-state index contributed by atoms with van der Waals surface area (Å²) >= 11 is 0. The Bertz CT molecular complexity index is 253. The van der Waals surface area contributed by atoms with Crippen LogP contribution >= 0.6 is 0 Å². The van der Waals surface area contributed by atoms with Crippen LogP contribution in [-0.4, -0.2) is 35.6 Å². The highest BCUT2D eigenvalue weighted by Gasteiger charge is 2.40. The average Bonchev–Trinajstić information content (AvgIpc) is 2.57. The maximum atomic E-state index is 11.7. The first kappa shape index (κ1) is 15.5. The first-order valence-corrected chi connectivity index (χ1v) is 7.49. The van der Waals surface area contributed by atoms with E-state index in [2.05, 4.69) is 25.8 Å². The fourth-order valence-corrected chi connectivity index (χ4v) is 3.36. The highest BCUT2D eigenvalue weighted by atomic mass is 16.4. The van der Waals surface area contributed by atoms with Gasteiger partial charge in [0.2, 0.25) is 0 Å². The summed E-state index contributed by atoms with van der Waals surface area (Å²) in [7, 11) is 2.09. The molecule has 106 valence electrons. The molecule has 0 aromatic heterocycles. The maximum Gasteiger partial charge on any atom is 0.310 e. The minimum absolute atomic E-state index is 0.492. The Labute approximate surface area is 112 Å². The summed E-state index contributed by atoms with van der Waals surface area (Å²) in [5.41, 5.74) is -0.492. The minimum atomic E-state index is -0.581. The summed E-state index contributed by atoms with van der Waals surface area (Å²) in [5, 5.41) is 9.66. The van der Waals surface area contributed by atoms with Crippen molar-refractivity contribution >= 4 is 5.97 Å². The summed E-state index contributed by atoms with van der Waals surface area (Å²) in [5.74, 6) is -0.581. The molecule has 0 aromatic rings. The second-order valence-corrected chi connectivity index (χ2v) is 5.89. The molecule has 0 heterocycles. The van der Waals surface area contributed by atoms with E-state index in [9.17, 15) is 9.90 Å². The molecule has 0 radical (unpaired) electrons. The molecular weight excluding hydrogens is 226 g/mol. The van der Waals surface area contributed by atoms with E-state index in [0.717, 1.165) is 38.5 Å². The molecule has 1 rings (SSSR count). The zero-order chi connectivity index (χ0) is 13.6. The lowest BCUT2D eigenvalue weighted by Crippen LogP contribution is -2.45. The smallest absolute Gasteiger partial charge is 0.310 e. The van der Waals surface area contributed by atoms with Crippen LogP contribution in [0.2, 0.25) is 0 Å². The van der Waals surface area contributed by atoms with Crippen LogP contribution in [0.25, 0.3) is 0 Å². The van der Waals surface area contributed by atoms with Crippen LogP contribution in [-0.2, 0) is 4.79 Å². The quantitative estimate of drug-likeness (QED) is 0.738. The highest BCUT2D eigenvalue weighted by Crippen LogP contribution is 2.36. The predicted octanol–water partition coefficient (Wildman–Crippen LogP) is 3.53. The lowest BCUT2D eigenvalue weighted by atomic mass is 9.79. The molecule has 0 atom stereocenters. The van der Waals surface area contributed by atoms with Crippen LogP contribution < -0.4 is 0 Å². The molecule has 1 fully saturated rings. The summed E-state index contributed by atoms with van der Waals surface area (Å²) in [4.78, 5) is 14.0. The van der Waals surface area contributed by atoms with Crippen LogP contribution in [0.3, 0.4) is 0 Å². The van der Waals surface area contributed by atoms with Gasteiger partial charge in [0.1, 0.15) is 0 Å². The Morgan fingerprint density at radius 3 is 2.06 bits per heavy atom. The zero-order valence-electron chi connectivity index (χ0n) is 12.2. The minimum Gasteiger partial charge on any atom is -0.481 e. The van der Waals surface area contributed by atoms with E-state index >= 15 is 0 Å². The molecular formula is C15H29NO2. The van der Waals surface area contributed by atoms with Crippen molar-refractivity contribution < 1.29 is 9.90 Å². The molecule has 3 nitrogen and oxygen atoms in total. The lowest BCUT2D eigenvalue weighted by molar-refractivity contribution is -0.151. The second-order valence-electron chi connectivity index (χ2n) is 5.89. The van der Waals surface area contributed by atoms with E-state index in [1.807, 2.05) is 0 Å². The molecule has 1 saturated carbocycles. The maximum absolute atomic E-state index is 11.7. The molecule has 0 aromatic carbocycles. The molecule has 0 saturated heterocycles. The summed E-state index contributed by atoms with van der Waals surface area (Å²) < 4.78 is 0. The molecule has 1 N–H and O–H groups in total. The van der Waals surface area contributed by atoms with E-state index in [1.54, 1.807) is 0 Å². The second kappa shape index (κ2) is 7.13. The molecule has 0 amide bonds. The van der Waals surface area contributed by atoms with Gasteiger partial charge in [-0.15, -0.1) is 0 Å². The normalized spacial score (nSPS) is 20.1. The molecule has 1 aliphatic carbocycles. The molecule has 0 aliphatic heterocycles. The largest absolute Gasteiger partial charge is 0.481 e. The van der Waals surface area contributed by atoms with Crippen LogP contribution in [0.15, 0.2) is 0 Å². The number of rotatable bonds is 6. The third-order valence-electron chi connectivity index (χ3n) is 4.63. The fourth-order valence-electron chi connectivity index (χ4n) is 3.36. The fraction of sp³-hybridized carbons (Fsp3) is 0.933. The molecule has 1 aliphatic rings. The highest BCUT2D eigenvalue weighted by molar-refractivity contribution is 5.75. The summed E-state index contributed by atoms with van der Waals surface area (Å²) in [6.07, 6.45) is 8.45. The zero-order valence-corrected chi connectivity index (χ0v) is 12.2. The van der Waals surface area contributed by atoms with E-state index in [4.69, 9.17) is 0 Å². The van der Waals surface area contributed by atoms with Gasteiger partial charge < -0.3 is 10.0 Å². The number of hydrogen-bond donors (Lipinski definition) is 1. The van der Waals surface area contributed by atoms with E-state index < -0.39 is 11.4 Å². The molecule has 0 bridgehead atoms. The summed E-state index contributed by atoms with van der Waals surface area (Å²) in [6, 6.07) is 0.518. The molecule has 18 heavy (non-hydrogen) atoms. The Balaban J connectivity index is 2.75. The third kappa shape index (κ3) is 3.71. The van der Waals surface area contributed by atoms with Gasteiger partial charge in [-0.25, -0.2) is 0 Å². The van der Waals surface area contributed by atoms with Gasteiger partial charge in [-0.1, -0.05) is 39.5 Å². The van der Waals surface area contributed by atoms with Gasteiger partial charge >= 0.3 is 5.97 Å². The van der Waals surface area contributed by atoms with Gasteiger partial charge in [0, 0.05) is 12.6 Å². The van der Waals surface area contributed by atoms with Crippen molar-refractivity contribution in [3.05, 3.63) is 0 Å². The number of carboxylic acids is 1. The number of carboxylic acid groups (broad SMARTS) is 1. The monoisotopic (exact) mass is 255 g/mol. The van der Waals surface area contributed by atoms with E-state index in [1.165, 1.54) is 12.8 Å². The van der Waals surface area contributed by atoms with Crippen molar-refractivity contribution in [3.8, 4) is 0 Å². The van der Waals surface area contributed by atoms with Gasteiger partial charge in [0.15, 0.2) is 0 Å². The molecule has 3 heteroatoms. The van der Waals surface area contributed by atoms with Crippen molar-refractivity contribution in [3.63, 3.8) is 0 Å². The lowest BCUT2D eigenvalue weighted by Gasteiger charge is -2.36. The molecule has 0 unspecified atom stereocenters. The Kier molecular flexibility index (Phi) is 6.13. The van der Waals surface area contributed by atoms with Gasteiger partial charge in [0.05, 0.1) is 5.41 Å². The van der Waals surface area contributed by atoms with Crippen molar-refractivity contribution in [2.75, 3.05) is 13.6 Å².